The first kappa shape index (κ1) is 53.0. The molecule has 0 aromatic rings. The zero-order valence-corrected chi connectivity index (χ0v) is 36.0. The lowest BCUT2D eigenvalue weighted by Gasteiger charge is -2.19. The normalized spacial score (nSPS) is 13.7. The van der Waals surface area contributed by atoms with E-state index in [1.54, 1.807) is 0 Å². The highest BCUT2D eigenvalue weighted by Crippen LogP contribution is 2.43. The summed E-state index contributed by atoms with van der Waals surface area (Å²) >= 11 is 0. The van der Waals surface area contributed by atoms with E-state index in [0.29, 0.717) is 6.42 Å². The molecule has 0 saturated heterocycles. The number of ether oxygens (including phenoxy) is 2. The summed E-state index contributed by atoms with van der Waals surface area (Å²) in [4.78, 5) is 34.9. The van der Waals surface area contributed by atoms with Gasteiger partial charge in [0.25, 0.3) is 0 Å². The molecule has 55 heavy (non-hydrogen) atoms. The Balaban J connectivity index is 4.13. The van der Waals surface area contributed by atoms with Gasteiger partial charge in [-0.2, -0.15) is 0 Å². The van der Waals surface area contributed by atoms with E-state index in [0.717, 1.165) is 70.6 Å². The van der Waals surface area contributed by atoms with Crippen molar-refractivity contribution in [1.29, 1.82) is 0 Å². The summed E-state index contributed by atoms with van der Waals surface area (Å²) in [6.07, 6.45) is 47.1. The molecule has 2 unspecified atom stereocenters. The van der Waals surface area contributed by atoms with Crippen LogP contribution in [-0.4, -0.2) is 49.3 Å². The standard InChI is InChI=1S/C45H82NO8P/c1-3-5-7-9-11-13-15-17-18-19-20-21-22-23-24-26-28-30-32-34-36-38-45(48)54-43(42-53-55(49,50)52-40-39-46)41-51-44(47)37-35-33-31-29-27-25-16-14-12-10-8-6-4-2/h5,7,11,13,17-18,20-21,43H,3-4,6,8-10,12,14-16,19,22-42,46H2,1-2H3,(H,49,50)/b7-5-,13-11-,18-17-,21-20-. The average molecular weight is 796 g/mol. The molecule has 320 valence electrons. The van der Waals surface area contributed by atoms with E-state index in [-0.39, 0.29) is 38.6 Å². The van der Waals surface area contributed by atoms with Gasteiger partial charge in [-0.3, -0.25) is 18.6 Å². The number of carbonyl (C=O) groups is 2. The summed E-state index contributed by atoms with van der Waals surface area (Å²) in [6, 6.07) is 0. The van der Waals surface area contributed by atoms with E-state index < -0.39 is 26.5 Å². The highest BCUT2D eigenvalue weighted by atomic mass is 31.2. The summed E-state index contributed by atoms with van der Waals surface area (Å²) < 4.78 is 32.8. The van der Waals surface area contributed by atoms with Crippen LogP contribution in [0.25, 0.3) is 0 Å². The fourth-order valence-electron chi connectivity index (χ4n) is 5.98. The van der Waals surface area contributed by atoms with Crippen molar-refractivity contribution in [3.63, 3.8) is 0 Å². The molecule has 2 atom stereocenters. The molecule has 0 heterocycles. The number of phosphoric ester groups is 1. The molecule has 0 rings (SSSR count). The van der Waals surface area contributed by atoms with Crippen molar-refractivity contribution in [2.75, 3.05) is 26.4 Å². The number of unbranched alkanes of at least 4 members (excludes halogenated alkanes) is 20. The lowest BCUT2D eigenvalue weighted by molar-refractivity contribution is -0.161. The molecule has 0 aliphatic rings. The first-order valence-corrected chi connectivity index (χ1v) is 23.6. The van der Waals surface area contributed by atoms with Crippen molar-refractivity contribution in [2.24, 2.45) is 5.73 Å². The maximum absolute atomic E-state index is 12.6. The molecule has 0 amide bonds. The highest BCUT2D eigenvalue weighted by molar-refractivity contribution is 7.47. The van der Waals surface area contributed by atoms with E-state index in [1.165, 1.54) is 89.9 Å². The van der Waals surface area contributed by atoms with Gasteiger partial charge in [-0.1, -0.05) is 178 Å². The predicted octanol–water partition coefficient (Wildman–Crippen LogP) is 12.7. The topological polar surface area (TPSA) is 134 Å². The Morgan fingerprint density at radius 3 is 1.49 bits per heavy atom. The Kier molecular flexibility index (Phi) is 40.1. The number of phosphoric acid groups is 1. The molecule has 0 saturated carbocycles. The van der Waals surface area contributed by atoms with Crippen LogP contribution in [0.3, 0.4) is 0 Å². The third-order valence-electron chi connectivity index (χ3n) is 9.23. The lowest BCUT2D eigenvalue weighted by Crippen LogP contribution is -2.29. The van der Waals surface area contributed by atoms with Crippen molar-refractivity contribution >= 4 is 19.8 Å². The number of hydrogen-bond acceptors (Lipinski definition) is 8. The van der Waals surface area contributed by atoms with Gasteiger partial charge >= 0.3 is 19.8 Å². The largest absolute Gasteiger partial charge is 0.472 e. The van der Waals surface area contributed by atoms with E-state index in [1.807, 2.05) is 0 Å². The molecule has 0 radical (unpaired) electrons. The number of nitrogens with two attached hydrogens (primary N) is 1. The SMILES string of the molecule is CC/C=C\C/C=C\C/C=C\C/C=C\CCCCCCCCCCC(=O)OC(COC(=O)CCCCCCCCCCCCCCC)COP(=O)(O)OCCN. The van der Waals surface area contributed by atoms with Gasteiger partial charge < -0.3 is 20.1 Å². The summed E-state index contributed by atoms with van der Waals surface area (Å²) in [5, 5.41) is 0. The fourth-order valence-corrected chi connectivity index (χ4v) is 6.74. The average Bonchev–Trinajstić information content (AvgIpc) is 3.17. The van der Waals surface area contributed by atoms with Gasteiger partial charge in [0.2, 0.25) is 0 Å². The monoisotopic (exact) mass is 796 g/mol. The molecular formula is C45H82NO8P. The Hall–Kier alpha value is -2.03. The Morgan fingerprint density at radius 2 is 1.00 bits per heavy atom. The molecule has 0 bridgehead atoms. The minimum absolute atomic E-state index is 0.0514. The molecule has 3 N–H and O–H groups in total. The summed E-state index contributed by atoms with van der Waals surface area (Å²) in [5.74, 6) is -0.835. The Bertz CT molecular complexity index is 1040. The number of esters is 2. The molecular weight excluding hydrogens is 713 g/mol. The van der Waals surface area contributed by atoms with Gasteiger partial charge in [0.05, 0.1) is 13.2 Å². The van der Waals surface area contributed by atoms with E-state index >= 15 is 0 Å². The molecule has 0 aliphatic heterocycles. The fraction of sp³-hybridized carbons (Fsp3) is 0.778. The summed E-state index contributed by atoms with van der Waals surface area (Å²) in [5.41, 5.74) is 5.35. The van der Waals surface area contributed by atoms with Crippen LogP contribution in [0.2, 0.25) is 0 Å². The number of allylic oxidation sites excluding steroid dienone is 8. The maximum atomic E-state index is 12.6. The van der Waals surface area contributed by atoms with Crippen LogP contribution in [0.1, 0.15) is 194 Å². The van der Waals surface area contributed by atoms with Crippen LogP contribution in [0.4, 0.5) is 0 Å². The van der Waals surface area contributed by atoms with Gasteiger partial charge in [-0.05, 0) is 51.4 Å². The first-order valence-electron chi connectivity index (χ1n) is 22.1. The second kappa shape index (κ2) is 41.6. The zero-order chi connectivity index (χ0) is 40.3. The van der Waals surface area contributed by atoms with E-state index in [4.69, 9.17) is 24.3 Å². The van der Waals surface area contributed by atoms with Crippen LogP contribution in [-0.2, 0) is 32.7 Å². The second-order valence-corrected chi connectivity index (χ2v) is 16.0. The van der Waals surface area contributed by atoms with Gasteiger partial charge in [-0.15, -0.1) is 0 Å². The van der Waals surface area contributed by atoms with Crippen LogP contribution in [0.15, 0.2) is 48.6 Å². The predicted molar refractivity (Wildman–Crippen MR) is 229 cm³/mol. The van der Waals surface area contributed by atoms with Gasteiger partial charge in [0.1, 0.15) is 6.61 Å². The number of rotatable bonds is 41. The molecule has 9 nitrogen and oxygen atoms in total. The minimum atomic E-state index is -4.38. The first-order chi connectivity index (χ1) is 26.8. The molecule has 0 spiro atoms. The van der Waals surface area contributed by atoms with Crippen LogP contribution < -0.4 is 5.73 Å². The Morgan fingerprint density at radius 1 is 0.564 bits per heavy atom. The minimum Gasteiger partial charge on any atom is -0.462 e. The van der Waals surface area contributed by atoms with Gasteiger partial charge in [0, 0.05) is 19.4 Å². The van der Waals surface area contributed by atoms with Crippen molar-refractivity contribution in [3.05, 3.63) is 48.6 Å². The van der Waals surface area contributed by atoms with Crippen LogP contribution in [0.5, 0.6) is 0 Å². The third kappa shape index (κ3) is 41.4. The summed E-state index contributed by atoms with van der Waals surface area (Å²) in [6.45, 7) is 3.61. The molecule has 10 heteroatoms. The van der Waals surface area contributed by atoms with Crippen LogP contribution in [0, 0.1) is 0 Å². The third-order valence-corrected chi connectivity index (χ3v) is 10.2. The molecule has 0 aromatic carbocycles. The number of carbonyl (C=O) groups excluding carboxylic acids is 2. The van der Waals surface area contributed by atoms with Crippen molar-refractivity contribution < 1.29 is 37.6 Å². The molecule has 0 aromatic heterocycles. The second-order valence-electron chi connectivity index (χ2n) is 14.5. The maximum Gasteiger partial charge on any atom is 0.472 e. The summed E-state index contributed by atoms with van der Waals surface area (Å²) in [7, 11) is -4.38. The van der Waals surface area contributed by atoms with Gasteiger partial charge in [-0.25, -0.2) is 4.57 Å². The number of hydrogen-bond donors (Lipinski definition) is 2. The van der Waals surface area contributed by atoms with Crippen LogP contribution >= 0.6 is 7.82 Å². The van der Waals surface area contributed by atoms with Crippen molar-refractivity contribution in [1.82, 2.24) is 0 Å². The molecule has 0 aliphatic carbocycles. The smallest absolute Gasteiger partial charge is 0.462 e. The highest BCUT2D eigenvalue weighted by Gasteiger charge is 2.26. The van der Waals surface area contributed by atoms with E-state index in [2.05, 4.69) is 62.5 Å². The van der Waals surface area contributed by atoms with Gasteiger partial charge in [0.15, 0.2) is 6.10 Å². The lowest BCUT2D eigenvalue weighted by atomic mass is 10.0. The Labute approximate surface area is 336 Å². The zero-order valence-electron chi connectivity index (χ0n) is 35.2. The van der Waals surface area contributed by atoms with E-state index in [9.17, 15) is 19.0 Å². The molecule has 0 fully saturated rings. The van der Waals surface area contributed by atoms with Crippen molar-refractivity contribution in [3.8, 4) is 0 Å². The van der Waals surface area contributed by atoms with Crippen molar-refractivity contribution in [2.45, 2.75) is 200 Å². The quantitative estimate of drug-likeness (QED) is 0.0268.